The van der Waals surface area contributed by atoms with Crippen molar-refractivity contribution >= 4 is 45.0 Å². The van der Waals surface area contributed by atoms with Crippen LogP contribution in [0.25, 0.3) is 0 Å². The maximum Gasteiger partial charge on any atom is 0.319 e. The summed E-state index contributed by atoms with van der Waals surface area (Å²) in [4.78, 5) is 11.4. The first kappa shape index (κ1) is 15.0. The summed E-state index contributed by atoms with van der Waals surface area (Å²) in [5.41, 5.74) is 0.300. The molecule has 0 heterocycles. The van der Waals surface area contributed by atoms with Gasteiger partial charge in [0.2, 0.25) is 0 Å². The molecule has 18 heavy (non-hydrogen) atoms. The van der Waals surface area contributed by atoms with Crippen LogP contribution in [0.3, 0.4) is 0 Å². The number of benzene rings is 1. The normalized spacial score (nSPS) is 11.1. The Morgan fingerprint density at radius 1 is 1.33 bits per heavy atom. The topological polar surface area (TPSA) is 95.5 Å². The largest absolute Gasteiger partial charge is 0.337 e. The van der Waals surface area contributed by atoms with Crippen molar-refractivity contribution in [2.75, 3.05) is 17.6 Å². The molecule has 1 aromatic carbocycles. The minimum absolute atomic E-state index is 0.184. The van der Waals surface area contributed by atoms with E-state index >= 15 is 0 Å². The Hall–Kier alpha value is -1.02. The van der Waals surface area contributed by atoms with Crippen LogP contribution in [0.1, 0.15) is 0 Å². The number of carbonyl (C=O) groups excluding carboxylic acids is 1. The molecule has 3 N–H and O–H groups in total. The van der Waals surface area contributed by atoms with Gasteiger partial charge in [0.1, 0.15) is 0 Å². The summed E-state index contributed by atoms with van der Waals surface area (Å²) in [6.45, 7) is -0.219. The summed E-state index contributed by atoms with van der Waals surface area (Å²) in [6, 6.07) is 4.05. The van der Waals surface area contributed by atoms with Crippen LogP contribution in [-0.2, 0) is 10.1 Å². The molecule has 0 aliphatic carbocycles. The number of halogens is 2. The maximum absolute atomic E-state index is 11.4. The molecule has 0 spiro atoms. The van der Waals surface area contributed by atoms with E-state index < -0.39 is 21.9 Å². The van der Waals surface area contributed by atoms with Gasteiger partial charge in [0.05, 0.1) is 21.5 Å². The Labute approximate surface area is 114 Å². The molecule has 2 amide bonds. The summed E-state index contributed by atoms with van der Waals surface area (Å²) in [5.74, 6) is -0.566. The Balaban J connectivity index is 2.53. The van der Waals surface area contributed by atoms with Gasteiger partial charge in [-0.25, -0.2) is 4.79 Å². The van der Waals surface area contributed by atoms with Gasteiger partial charge in [0.25, 0.3) is 10.1 Å². The van der Waals surface area contributed by atoms with Crippen molar-refractivity contribution in [3.8, 4) is 0 Å². The molecule has 0 bridgehead atoms. The van der Waals surface area contributed by atoms with E-state index in [1.807, 2.05) is 0 Å². The molecule has 1 aromatic rings. The van der Waals surface area contributed by atoms with Crippen LogP contribution in [0.4, 0.5) is 10.5 Å². The van der Waals surface area contributed by atoms with E-state index in [-0.39, 0.29) is 16.6 Å². The molecule has 9 heteroatoms. The lowest BCUT2D eigenvalue weighted by Crippen LogP contribution is -2.32. The Kier molecular flexibility index (Phi) is 5.21. The lowest BCUT2D eigenvalue weighted by atomic mass is 10.3. The summed E-state index contributed by atoms with van der Waals surface area (Å²) >= 11 is 11.6. The molecular formula is C9H10Cl2N2O4S. The van der Waals surface area contributed by atoms with Crippen molar-refractivity contribution in [1.82, 2.24) is 5.32 Å². The molecule has 0 aliphatic rings. The second-order valence-corrected chi connectivity index (χ2v) is 5.63. The minimum Gasteiger partial charge on any atom is -0.337 e. The van der Waals surface area contributed by atoms with Crippen molar-refractivity contribution < 1.29 is 17.8 Å². The molecule has 100 valence electrons. The van der Waals surface area contributed by atoms with Crippen LogP contribution in [0.15, 0.2) is 18.2 Å². The van der Waals surface area contributed by atoms with Gasteiger partial charge < -0.3 is 10.6 Å². The quantitative estimate of drug-likeness (QED) is 0.741. The first-order valence-corrected chi connectivity index (χ1v) is 7.10. The highest BCUT2D eigenvalue weighted by atomic mass is 35.5. The number of urea groups is 1. The first-order valence-electron chi connectivity index (χ1n) is 4.73. The summed E-state index contributed by atoms with van der Waals surface area (Å²) in [7, 11) is -4.10. The zero-order valence-electron chi connectivity index (χ0n) is 8.98. The highest BCUT2D eigenvalue weighted by Gasteiger charge is 2.09. The van der Waals surface area contributed by atoms with Gasteiger partial charge in [0, 0.05) is 6.54 Å². The van der Waals surface area contributed by atoms with E-state index in [1.54, 1.807) is 12.1 Å². The van der Waals surface area contributed by atoms with Crippen molar-refractivity contribution in [3.05, 3.63) is 28.2 Å². The van der Waals surface area contributed by atoms with E-state index in [0.29, 0.717) is 5.69 Å². The number of hydrogen-bond donors (Lipinski definition) is 3. The van der Waals surface area contributed by atoms with Crippen LogP contribution >= 0.6 is 23.2 Å². The number of amides is 2. The highest BCUT2D eigenvalue weighted by molar-refractivity contribution is 7.85. The number of carbonyl (C=O) groups is 1. The van der Waals surface area contributed by atoms with Crippen molar-refractivity contribution in [2.45, 2.75) is 0 Å². The third-order valence-electron chi connectivity index (χ3n) is 1.85. The Bertz CT molecular complexity index is 547. The summed E-state index contributed by atoms with van der Waals surface area (Å²) < 4.78 is 29.3. The monoisotopic (exact) mass is 312 g/mol. The van der Waals surface area contributed by atoms with E-state index in [2.05, 4.69) is 10.6 Å². The average molecular weight is 313 g/mol. The van der Waals surface area contributed by atoms with E-state index in [1.165, 1.54) is 6.07 Å². The fourth-order valence-electron chi connectivity index (χ4n) is 1.06. The lowest BCUT2D eigenvalue weighted by molar-refractivity contribution is 0.252. The smallest absolute Gasteiger partial charge is 0.319 e. The molecule has 0 unspecified atom stereocenters. The summed E-state index contributed by atoms with van der Waals surface area (Å²) in [6.07, 6.45) is 0. The van der Waals surface area contributed by atoms with Crippen molar-refractivity contribution in [1.29, 1.82) is 0 Å². The second kappa shape index (κ2) is 6.24. The van der Waals surface area contributed by atoms with Gasteiger partial charge in [-0.2, -0.15) is 8.42 Å². The van der Waals surface area contributed by atoms with Crippen LogP contribution in [0, 0.1) is 0 Å². The number of rotatable bonds is 4. The molecule has 0 saturated heterocycles. The van der Waals surface area contributed by atoms with Gasteiger partial charge in [-0.15, -0.1) is 0 Å². The van der Waals surface area contributed by atoms with Gasteiger partial charge in [-0.3, -0.25) is 4.55 Å². The minimum atomic E-state index is -4.10. The van der Waals surface area contributed by atoms with Crippen molar-refractivity contribution in [3.63, 3.8) is 0 Å². The lowest BCUT2D eigenvalue weighted by Gasteiger charge is -2.09. The Morgan fingerprint density at radius 3 is 2.61 bits per heavy atom. The third kappa shape index (κ3) is 5.09. The van der Waals surface area contributed by atoms with E-state index in [9.17, 15) is 13.2 Å². The predicted octanol–water partition coefficient (Wildman–Crippen LogP) is 2.00. The predicted molar refractivity (Wildman–Crippen MR) is 69.9 cm³/mol. The number of anilines is 1. The van der Waals surface area contributed by atoms with Crippen LogP contribution in [0.2, 0.25) is 10.0 Å². The first-order chi connectivity index (χ1) is 8.29. The maximum atomic E-state index is 11.4. The fourth-order valence-corrected chi connectivity index (χ4v) is 1.77. The third-order valence-corrected chi connectivity index (χ3v) is 3.38. The van der Waals surface area contributed by atoms with Gasteiger partial charge in [-0.1, -0.05) is 29.3 Å². The number of nitrogens with one attached hydrogen (secondary N) is 2. The number of hydrogen-bond acceptors (Lipinski definition) is 3. The SMILES string of the molecule is O=C(NCCS(=O)(=O)O)Nc1cccc(Cl)c1Cl. The van der Waals surface area contributed by atoms with Crippen molar-refractivity contribution in [2.24, 2.45) is 0 Å². The zero-order valence-corrected chi connectivity index (χ0v) is 11.3. The molecule has 0 aromatic heterocycles. The van der Waals surface area contributed by atoms with Gasteiger partial charge >= 0.3 is 6.03 Å². The molecule has 0 saturated carbocycles. The second-order valence-electron chi connectivity index (χ2n) is 3.27. The fraction of sp³-hybridized carbons (Fsp3) is 0.222. The molecule has 0 aliphatic heterocycles. The molecular weight excluding hydrogens is 303 g/mol. The molecule has 6 nitrogen and oxygen atoms in total. The molecule has 1 rings (SSSR count). The molecule has 0 fully saturated rings. The van der Waals surface area contributed by atoms with E-state index in [4.69, 9.17) is 27.8 Å². The molecule has 0 atom stereocenters. The average Bonchev–Trinajstić information content (AvgIpc) is 2.23. The summed E-state index contributed by atoms with van der Waals surface area (Å²) in [5, 5.41) is 5.11. The standard InChI is InChI=1S/C9H10Cl2N2O4S/c10-6-2-1-3-7(8(6)11)13-9(14)12-4-5-18(15,16)17/h1-3H,4-5H2,(H2,12,13,14)(H,15,16,17). The van der Waals surface area contributed by atoms with E-state index in [0.717, 1.165) is 0 Å². The zero-order chi connectivity index (χ0) is 13.8. The van der Waals surface area contributed by atoms with Crippen LogP contribution in [-0.4, -0.2) is 31.3 Å². The van der Waals surface area contributed by atoms with Crippen LogP contribution in [0.5, 0.6) is 0 Å². The van der Waals surface area contributed by atoms with Crippen LogP contribution < -0.4 is 10.6 Å². The van der Waals surface area contributed by atoms with Gasteiger partial charge in [0.15, 0.2) is 0 Å². The van der Waals surface area contributed by atoms with Gasteiger partial charge in [-0.05, 0) is 12.1 Å². The highest BCUT2D eigenvalue weighted by Crippen LogP contribution is 2.29. The Morgan fingerprint density at radius 2 is 2.00 bits per heavy atom. The molecule has 0 radical (unpaired) electrons.